The van der Waals surface area contributed by atoms with Crippen LogP contribution >= 0.6 is 27.7 Å². The fourth-order valence-electron chi connectivity index (χ4n) is 2.45. The maximum atomic E-state index is 3.75. The summed E-state index contributed by atoms with van der Waals surface area (Å²) < 4.78 is 1.63. The summed E-state index contributed by atoms with van der Waals surface area (Å²) in [5.41, 5.74) is 2.68. The van der Waals surface area contributed by atoms with Gasteiger partial charge in [0.25, 0.3) is 0 Å². The van der Waals surface area contributed by atoms with Gasteiger partial charge in [-0.1, -0.05) is 26.8 Å². The minimum absolute atomic E-state index is 0.409. The highest BCUT2D eigenvalue weighted by molar-refractivity contribution is 9.10. The predicted octanol–water partition coefficient (Wildman–Crippen LogP) is 4.28. The molecule has 1 aliphatic rings. The van der Waals surface area contributed by atoms with Crippen molar-refractivity contribution in [2.24, 2.45) is 0 Å². The van der Waals surface area contributed by atoms with Crippen molar-refractivity contribution in [2.45, 2.75) is 38.5 Å². The Kier molecular flexibility index (Phi) is 5.82. The molecular formula is C16H25BrN2S. The molecule has 1 heterocycles. The van der Waals surface area contributed by atoms with Crippen molar-refractivity contribution in [1.29, 1.82) is 0 Å². The van der Waals surface area contributed by atoms with E-state index in [1.165, 1.54) is 27.9 Å². The van der Waals surface area contributed by atoms with Crippen LogP contribution in [-0.4, -0.2) is 30.1 Å². The summed E-state index contributed by atoms with van der Waals surface area (Å²) in [6, 6.07) is 6.76. The Morgan fingerprint density at radius 3 is 2.85 bits per heavy atom. The number of nitrogens with zero attached hydrogens (tertiary/aromatic N) is 1. The number of halogens is 1. The number of rotatable bonds is 4. The summed E-state index contributed by atoms with van der Waals surface area (Å²) in [5.74, 6) is 1.21. The van der Waals surface area contributed by atoms with E-state index in [0.29, 0.717) is 4.75 Å². The van der Waals surface area contributed by atoms with Gasteiger partial charge >= 0.3 is 0 Å². The summed E-state index contributed by atoms with van der Waals surface area (Å²) in [6.07, 6.45) is 1.24. The molecule has 0 aromatic heterocycles. The molecule has 0 saturated carbocycles. The SMILES string of the molecule is CCNCc1ccc(N2CCSC(C)(C)CC2)c(Br)c1. The van der Waals surface area contributed by atoms with E-state index in [2.05, 4.69) is 76.9 Å². The van der Waals surface area contributed by atoms with Gasteiger partial charge in [0.05, 0.1) is 5.69 Å². The molecule has 2 rings (SSSR count). The maximum absolute atomic E-state index is 3.75. The van der Waals surface area contributed by atoms with Crippen LogP contribution in [-0.2, 0) is 6.54 Å². The molecule has 0 amide bonds. The van der Waals surface area contributed by atoms with E-state index in [0.717, 1.165) is 26.2 Å². The van der Waals surface area contributed by atoms with E-state index in [4.69, 9.17) is 0 Å². The molecule has 1 aromatic rings. The van der Waals surface area contributed by atoms with Crippen molar-refractivity contribution in [1.82, 2.24) is 5.32 Å². The predicted molar refractivity (Wildman–Crippen MR) is 94.9 cm³/mol. The van der Waals surface area contributed by atoms with Gasteiger partial charge in [-0.3, -0.25) is 0 Å². The van der Waals surface area contributed by atoms with Crippen LogP contribution in [0.15, 0.2) is 22.7 Å². The largest absolute Gasteiger partial charge is 0.370 e. The summed E-state index contributed by atoms with van der Waals surface area (Å²) in [5, 5.41) is 3.37. The molecule has 1 N–H and O–H groups in total. The second-order valence-corrected chi connectivity index (χ2v) is 8.57. The summed E-state index contributed by atoms with van der Waals surface area (Å²) in [7, 11) is 0. The molecule has 1 saturated heterocycles. The van der Waals surface area contributed by atoms with Crippen LogP contribution in [0.4, 0.5) is 5.69 Å². The normalized spacial score (nSPS) is 18.9. The summed E-state index contributed by atoms with van der Waals surface area (Å²) >= 11 is 5.85. The summed E-state index contributed by atoms with van der Waals surface area (Å²) in [6.45, 7) is 11.1. The highest BCUT2D eigenvalue weighted by Gasteiger charge is 2.24. The van der Waals surface area contributed by atoms with Gasteiger partial charge in [-0.2, -0.15) is 11.8 Å². The number of nitrogens with one attached hydrogen (secondary N) is 1. The van der Waals surface area contributed by atoms with E-state index < -0.39 is 0 Å². The zero-order valence-corrected chi connectivity index (χ0v) is 15.1. The van der Waals surface area contributed by atoms with Gasteiger partial charge in [-0.25, -0.2) is 0 Å². The third-order valence-corrected chi connectivity index (χ3v) is 5.78. The van der Waals surface area contributed by atoms with E-state index in [1.54, 1.807) is 0 Å². The van der Waals surface area contributed by atoms with E-state index >= 15 is 0 Å². The Labute approximate surface area is 135 Å². The molecule has 0 bridgehead atoms. The number of anilines is 1. The molecule has 1 fully saturated rings. The molecule has 0 unspecified atom stereocenters. The second kappa shape index (κ2) is 7.19. The van der Waals surface area contributed by atoms with Gasteiger partial charge in [0.1, 0.15) is 0 Å². The molecule has 0 atom stereocenters. The van der Waals surface area contributed by atoms with E-state index in [1.807, 2.05) is 0 Å². The number of thioether (sulfide) groups is 1. The average molecular weight is 357 g/mol. The van der Waals surface area contributed by atoms with Crippen LogP contribution in [0.25, 0.3) is 0 Å². The lowest BCUT2D eigenvalue weighted by Gasteiger charge is -2.25. The molecule has 112 valence electrons. The van der Waals surface area contributed by atoms with Gasteiger partial charge in [-0.15, -0.1) is 0 Å². The van der Waals surface area contributed by atoms with Crippen molar-refractivity contribution >= 4 is 33.4 Å². The Hall–Kier alpha value is -0.190. The fourth-order valence-corrected chi connectivity index (χ4v) is 4.22. The molecule has 20 heavy (non-hydrogen) atoms. The molecule has 0 aliphatic carbocycles. The molecule has 4 heteroatoms. The second-order valence-electron chi connectivity index (χ2n) is 5.91. The Balaban J connectivity index is 2.08. The maximum Gasteiger partial charge on any atom is 0.0511 e. The van der Waals surface area contributed by atoms with Crippen molar-refractivity contribution in [3.63, 3.8) is 0 Å². The molecule has 1 aromatic carbocycles. The molecule has 2 nitrogen and oxygen atoms in total. The topological polar surface area (TPSA) is 15.3 Å². The van der Waals surface area contributed by atoms with Gasteiger partial charge in [0.15, 0.2) is 0 Å². The van der Waals surface area contributed by atoms with Gasteiger partial charge in [0, 0.05) is 34.6 Å². The van der Waals surface area contributed by atoms with Crippen LogP contribution < -0.4 is 10.2 Å². The van der Waals surface area contributed by atoms with Gasteiger partial charge < -0.3 is 10.2 Å². The Morgan fingerprint density at radius 1 is 1.35 bits per heavy atom. The van der Waals surface area contributed by atoms with Crippen molar-refractivity contribution < 1.29 is 0 Å². The quantitative estimate of drug-likeness (QED) is 0.866. The van der Waals surface area contributed by atoms with Gasteiger partial charge in [0.2, 0.25) is 0 Å². The molecule has 0 radical (unpaired) electrons. The molecule has 0 spiro atoms. The number of hydrogen-bond acceptors (Lipinski definition) is 3. The first-order valence-corrected chi connectivity index (χ1v) is 9.18. The smallest absolute Gasteiger partial charge is 0.0511 e. The number of hydrogen-bond donors (Lipinski definition) is 1. The van der Waals surface area contributed by atoms with E-state index in [9.17, 15) is 0 Å². The Morgan fingerprint density at radius 2 is 2.15 bits per heavy atom. The van der Waals surface area contributed by atoms with Crippen molar-refractivity contribution in [3.8, 4) is 0 Å². The summed E-state index contributed by atoms with van der Waals surface area (Å²) in [4.78, 5) is 2.52. The highest BCUT2D eigenvalue weighted by atomic mass is 79.9. The van der Waals surface area contributed by atoms with Crippen LogP contribution in [0.1, 0.15) is 32.8 Å². The number of benzene rings is 1. The first kappa shape index (κ1) is 16.2. The minimum atomic E-state index is 0.409. The monoisotopic (exact) mass is 356 g/mol. The van der Waals surface area contributed by atoms with Crippen molar-refractivity contribution in [3.05, 3.63) is 28.2 Å². The molecular weight excluding hydrogens is 332 g/mol. The standard InChI is InChI=1S/C16H25BrN2S/c1-4-18-12-13-5-6-15(14(17)11-13)19-8-7-16(2,3)20-10-9-19/h5-6,11,18H,4,7-10,12H2,1-3H3. The zero-order valence-electron chi connectivity index (χ0n) is 12.7. The fraction of sp³-hybridized carbons (Fsp3) is 0.625. The highest BCUT2D eigenvalue weighted by Crippen LogP contribution is 2.34. The minimum Gasteiger partial charge on any atom is -0.370 e. The van der Waals surface area contributed by atoms with Crippen LogP contribution in [0.3, 0.4) is 0 Å². The van der Waals surface area contributed by atoms with E-state index in [-0.39, 0.29) is 0 Å². The molecule has 1 aliphatic heterocycles. The zero-order chi connectivity index (χ0) is 14.6. The third-order valence-electron chi connectivity index (χ3n) is 3.77. The van der Waals surface area contributed by atoms with Crippen LogP contribution in [0.2, 0.25) is 0 Å². The Bertz CT molecular complexity index is 448. The average Bonchev–Trinajstić information content (AvgIpc) is 2.58. The van der Waals surface area contributed by atoms with Crippen LogP contribution in [0, 0.1) is 0 Å². The third kappa shape index (κ3) is 4.40. The lowest BCUT2D eigenvalue weighted by atomic mass is 10.1. The lowest BCUT2D eigenvalue weighted by molar-refractivity contribution is 0.637. The van der Waals surface area contributed by atoms with Crippen LogP contribution in [0.5, 0.6) is 0 Å². The van der Waals surface area contributed by atoms with Gasteiger partial charge in [-0.05, 0) is 46.6 Å². The lowest BCUT2D eigenvalue weighted by Crippen LogP contribution is -2.27. The first-order valence-electron chi connectivity index (χ1n) is 7.40. The van der Waals surface area contributed by atoms with Crippen molar-refractivity contribution in [2.75, 3.05) is 30.3 Å². The first-order chi connectivity index (χ1) is 9.52.